The van der Waals surface area contributed by atoms with Crippen molar-refractivity contribution in [3.05, 3.63) is 47.8 Å². The number of carbonyl (C=O) groups excluding carboxylic acids is 1. The number of halogens is 3. The van der Waals surface area contributed by atoms with E-state index >= 15 is 0 Å². The van der Waals surface area contributed by atoms with Crippen LogP contribution in [0.15, 0.2) is 41.7 Å². The van der Waals surface area contributed by atoms with Crippen LogP contribution in [-0.4, -0.2) is 56.1 Å². The van der Waals surface area contributed by atoms with E-state index in [4.69, 9.17) is 4.74 Å². The summed E-state index contributed by atoms with van der Waals surface area (Å²) in [5.74, 6) is -0.125. The Morgan fingerprint density at radius 2 is 1.97 bits per heavy atom. The fraction of sp³-hybridized carbons (Fsp3) is 0.381. The molecule has 0 radical (unpaired) electrons. The number of alkyl halides is 3. The summed E-state index contributed by atoms with van der Waals surface area (Å²) in [6.45, 7) is 2.57. The van der Waals surface area contributed by atoms with Crippen LogP contribution in [-0.2, 0) is 16.6 Å². The molecule has 1 unspecified atom stereocenters. The predicted molar refractivity (Wildman–Crippen MR) is 114 cm³/mol. The molecule has 0 fully saturated rings. The second-order valence-corrected chi connectivity index (χ2v) is 8.54. The summed E-state index contributed by atoms with van der Waals surface area (Å²) in [6, 6.07) is 7.92. The normalized spacial score (nSPS) is 12.7. The summed E-state index contributed by atoms with van der Waals surface area (Å²) in [7, 11) is -0.142. The molecule has 1 aromatic carbocycles. The van der Waals surface area contributed by atoms with E-state index in [1.165, 1.54) is 21.7 Å². The minimum atomic E-state index is -4.48. The van der Waals surface area contributed by atoms with Crippen molar-refractivity contribution in [2.45, 2.75) is 37.4 Å². The fourth-order valence-electron chi connectivity index (χ4n) is 3.15. The molecule has 3 rings (SSSR count). The Hall–Kier alpha value is -2.95. The molecule has 0 saturated carbocycles. The summed E-state index contributed by atoms with van der Waals surface area (Å²) in [5.41, 5.74) is 1.69. The molecule has 0 bridgehead atoms. The number of hydrogen-bond donors (Lipinski definition) is 0. The summed E-state index contributed by atoms with van der Waals surface area (Å²) in [6.07, 6.45) is -2.43. The highest BCUT2D eigenvalue weighted by molar-refractivity contribution is 7.84. The number of fused-ring (bicyclic) bond motifs is 1. The van der Waals surface area contributed by atoms with Gasteiger partial charge in [-0.05, 0) is 31.5 Å². The van der Waals surface area contributed by atoms with Gasteiger partial charge in [0.05, 0.1) is 33.3 Å². The van der Waals surface area contributed by atoms with Crippen molar-refractivity contribution in [3.63, 3.8) is 0 Å². The zero-order valence-corrected chi connectivity index (χ0v) is 18.7. The number of imidazole rings is 1. The van der Waals surface area contributed by atoms with Gasteiger partial charge in [0.25, 0.3) is 0 Å². The largest absolute Gasteiger partial charge is 0.484 e. The van der Waals surface area contributed by atoms with E-state index in [-0.39, 0.29) is 22.7 Å². The zero-order chi connectivity index (χ0) is 23.5. The molecular weight excluding hydrogens is 445 g/mol. The molecule has 0 aliphatic heterocycles. The Balaban J connectivity index is 1.94. The fourth-order valence-corrected chi connectivity index (χ4v) is 4.40. The van der Waals surface area contributed by atoms with Crippen molar-refractivity contribution in [3.8, 4) is 5.75 Å². The number of amides is 1. The van der Waals surface area contributed by atoms with Gasteiger partial charge in [0, 0.05) is 25.4 Å². The maximum absolute atomic E-state index is 13.3. The van der Waals surface area contributed by atoms with E-state index < -0.39 is 23.6 Å². The summed E-state index contributed by atoms with van der Waals surface area (Å²) < 4.78 is 57.0. The van der Waals surface area contributed by atoms with Gasteiger partial charge in [-0.1, -0.05) is 19.1 Å². The van der Waals surface area contributed by atoms with Crippen molar-refractivity contribution < 1.29 is 26.9 Å². The average molecular weight is 469 g/mol. The maximum atomic E-state index is 13.3. The van der Waals surface area contributed by atoms with Gasteiger partial charge in [0.15, 0.2) is 6.61 Å². The standard InChI is InChI=1S/C21H23F3N4O3S/c1-4-11-27(3)20(29)28-17-8-6-5-7-15(17)26-19(28)32(30)12-16-14(2)18(9-10-25-16)31-13-21(22,23)24/h5-10H,4,11-13H2,1-3H3. The van der Waals surface area contributed by atoms with Crippen LogP contribution in [0.1, 0.15) is 24.6 Å². The van der Waals surface area contributed by atoms with Gasteiger partial charge in [-0.3, -0.25) is 9.19 Å². The molecule has 32 heavy (non-hydrogen) atoms. The highest BCUT2D eigenvalue weighted by Crippen LogP contribution is 2.26. The first-order chi connectivity index (χ1) is 15.1. The molecule has 1 amide bonds. The third-order valence-corrected chi connectivity index (χ3v) is 5.95. The maximum Gasteiger partial charge on any atom is 0.422 e. The van der Waals surface area contributed by atoms with E-state index in [1.807, 2.05) is 6.92 Å². The van der Waals surface area contributed by atoms with Gasteiger partial charge in [0.2, 0.25) is 5.16 Å². The molecule has 11 heteroatoms. The third kappa shape index (κ3) is 5.26. The number of nitrogens with zero attached hydrogens (tertiary/aromatic N) is 4. The lowest BCUT2D eigenvalue weighted by atomic mass is 10.2. The molecule has 172 valence electrons. The van der Waals surface area contributed by atoms with Gasteiger partial charge < -0.3 is 9.64 Å². The molecule has 0 aliphatic rings. The highest BCUT2D eigenvalue weighted by atomic mass is 32.2. The lowest BCUT2D eigenvalue weighted by molar-refractivity contribution is -0.153. The Kier molecular flexibility index (Phi) is 7.17. The lowest BCUT2D eigenvalue weighted by Gasteiger charge is -2.18. The number of para-hydroxylation sites is 2. The second-order valence-electron chi connectivity index (χ2n) is 7.20. The van der Waals surface area contributed by atoms with Crippen LogP contribution in [0.3, 0.4) is 0 Å². The summed E-state index contributed by atoms with van der Waals surface area (Å²) >= 11 is 0. The van der Waals surface area contributed by atoms with Gasteiger partial charge in [0.1, 0.15) is 5.75 Å². The van der Waals surface area contributed by atoms with Crippen molar-refractivity contribution in [1.29, 1.82) is 0 Å². The monoisotopic (exact) mass is 468 g/mol. The van der Waals surface area contributed by atoms with Crippen LogP contribution in [0.5, 0.6) is 5.75 Å². The lowest BCUT2D eigenvalue weighted by Crippen LogP contribution is -2.33. The predicted octanol–water partition coefficient (Wildman–Crippen LogP) is 4.30. The number of rotatable bonds is 7. The molecule has 2 heterocycles. The van der Waals surface area contributed by atoms with Gasteiger partial charge in [-0.2, -0.15) is 13.2 Å². The van der Waals surface area contributed by atoms with Crippen LogP contribution in [0.25, 0.3) is 11.0 Å². The molecule has 0 N–H and O–H groups in total. The molecule has 7 nitrogen and oxygen atoms in total. The van der Waals surface area contributed by atoms with Crippen molar-refractivity contribution in [2.24, 2.45) is 0 Å². The number of hydrogen-bond acceptors (Lipinski definition) is 5. The van der Waals surface area contributed by atoms with Gasteiger partial charge in [-0.25, -0.2) is 14.3 Å². The number of benzene rings is 1. The van der Waals surface area contributed by atoms with E-state index in [0.29, 0.717) is 28.8 Å². The first kappa shape index (κ1) is 23.7. The number of aromatic nitrogens is 3. The second kappa shape index (κ2) is 9.68. The van der Waals surface area contributed by atoms with Crippen molar-refractivity contribution in [1.82, 2.24) is 19.4 Å². The Morgan fingerprint density at radius 3 is 2.66 bits per heavy atom. The van der Waals surface area contributed by atoms with Crippen LogP contribution in [0.2, 0.25) is 0 Å². The van der Waals surface area contributed by atoms with Gasteiger partial charge in [-0.15, -0.1) is 0 Å². The Morgan fingerprint density at radius 1 is 1.25 bits per heavy atom. The molecule has 0 aliphatic carbocycles. The quantitative estimate of drug-likeness (QED) is 0.517. The van der Waals surface area contributed by atoms with E-state index in [0.717, 1.165) is 6.42 Å². The topological polar surface area (TPSA) is 77.3 Å². The summed E-state index contributed by atoms with van der Waals surface area (Å²) in [4.78, 5) is 23.1. The van der Waals surface area contributed by atoms with E-state index in [1.54, 1.807) is 38.2 Å². The zero-order valence-electron chi connectivity index (χ0n) is 17.8. The first-order valence-corrected chi connectivity index (χ1v) is 11.2. The van der Waals surface area contributed by atoms with Crippen LogP contribution >= 0.6 is 0 Å². The Labute approximate surface area is 185 Å². The molecule has 2 aromatic heterocycles. The van der Waals surface area contributed by atoms with Crippen LogP contribution in [0, 0.1) is 6.92 Å². The minimum absolute atomic E-state index is 0.0107. The number of pyridine rings is 1. The van der Waals surface area contributed by atoms with Crippen LogP contribution in [0.4, 0.5) is 18.0 Å². The molecule has 3 aromatic rings. The average Bonchev–Trinajstić information content (AvgIpc) is 3.13. The number of carbonyl (C=O) groups is 1. The summed E-state index contributed by atoms with van der Waals surface area (Å²) in [5, 5.41) is 0.0574. The Bertz CT molecular complexity index is 1150. The number of ether oxygens (including phenoxy) is 1. The van der Waals surface area contributed by atoms with Crippen molar-refractivity contribution in [2.75, 3.05) is 20.2 Å². The van der Waals surface area contributed by atoms with Gasteiger partial charge >= 0.3 is 12.2 Å². The van der Waals surface area contributed by atoms with Crippen molar-refractivity contribution >= 4 is 27.9 Å². The molecule has 0 saturated heterocycles. The molecule has 1 atom stereocenters. The SMILES string of the molecule is CCCN(C)C(=O)n1c(S(=O)Cc2nccc(OCC(F)(F)F)c2C)nc2ccccc21. The van der Waals surface area contributed by atoms with Crippen LogP contribution < -0.4 is 4.74 Å². The highest BCUT2D eigenvalue weighted by Gasteiger charge is 2.29. The van der Waals surface area contributed by atoms with E-state index in [2.05, 4.69) is 9.97 Å². The smallest absolute Gasteiger partial charge is 0.422 e. The first-order valence-electron chi connectivity index (χ1n) is 9.87. The third-order valence-electron chi connectivity index (χ3n) is 4.73. The molecule has 0 spiro atoms. The minimum Gasteiger partial charge on any atom is -0.484 e. The molecular formula is C21H23F3N4O3S. The van der Waals surface area contributed by atoms with E-state index in [9.17, 15) is 22.2 Å².